The van der Waals surface area contributed by atoms with Crippen molar-refractivity contribution in [2.75, 3.05) is 56.2 Å². The third-order valence-corrected chi connectivity index (χ3v) is 5.82. The number of anilines is 2. The largest absolute Gasteiger partial charge is 0.419 e. The lowest BCUT2D eigenvalue weighted by molar-refractivity contribution is -0.138. The quantitative estimate of drug-likeness (QED) is 0.563. The normalized spacial score (nSPS) is 15.4. The van der Waals surface area contributed by atoms with E-state index in [0.29, 0.717) is 44.0 Å². The van der Waals surface area contributed by atoms with Gasteiger partial charge in [0.25, 0.3) is 5.56 Å². The first-order valence-electron chi connectivity index (χ1n) is 10.8. The van der Waals surface area contributed by atoms with E-state index < -0.39 is 11.7 Å². The summed E-state index contributed by atoms with van der Waals surface area (Å²) < 4.78 is 43.6. The standard InChI is InChI=1S/C21H28F3N7O3/c1-14(29(3)17-12-27-28-19(33)15(17)2)13-34-9-4-18(32)30-5-7-31(8-6-30)20-25-10-16(11-26-20)21(22,23)24/h10-12,14H,4-9,13H2,1-3H3,(H,28,33)/t14-/m0/s1. The van der Waals surface area contributed by atoms with Crippen LogP contribution in [0.5, 0.6) is 0 Å². The molecule has 0 aromatic carbocycles. The van der Waals surface area contributed by atoms with Gasteiger partial charge in [0, 0.05) is 57.2 Å². The predicted molar refractivity (Wildman–Crippen MR) is 119 cm³/mol. The van der Waals surface area contributed by atoms with Crippen molar-refractivity contribution < 1.29 is 22.7 Å². The molecule has 13 heteroatoms. The molecule has 0 bridgehead atoms. The number of carbonyl (C=O) groups excluding carboxylic acids is 1. The monoisotopic (exact) mass is 483 g/mol. The van der Waals surface area contributed by atoms with Crippen molar-refractivity contribution in [1.29, 1.82) is 0 Å². The Kier molecular flexibility index (Phi) is 8.07. The number of halogens is 3. The Morgan fingerprint density at radius 1 is 1.21 bits per heavy atom. The predicted octanol–water partition coefficient (Wildman–Crippen LogP) is 1.47. The molecule has 1 aliphatic heterocycles. The van der Waals surface area contributed by atoms with Gasteiger partial charge in [-0.1, -0.05) is 0 Å². The minimum absolute atomic E-state index is 0.0373. The summed E-state index contributed by atoms with van der Waals surface area (Å²) >= 11 is 0. The van der Waals surface area contributed by atoms with E-state index in [4.69, 9.17) is 4.74 Å². The zero-order valence-electron chi connectivity index (χ0n) is 19.3. The van der Waals surface area contributed by atoms with Crippen LogP contribution in [0.4, 0.5) is 24.8 Å². The summed E-state index contributed by atoms with van der Waals surface area (Å²) in [6, 6.07) is -0.0373. The Morgan fingerprint density at radius 3 is 2.47 bits per heavy atom. The van der Waals surface area contributed by atoms with Crippen LogP contribution in [0.2, 0.25) is 0 Å². The average molecular weight is 483 g/mol. The molecule has 0 saturated carbocycles. The summed E-state index contributed by atoms with van der Waals surface area (Å²) in [5.41, 5.74) is 0.147. The van der Waals surface area contributed by atoms with Crippen molar-refractivity contribution >= 4 is 17.5 Å². The second-order valence-corrected chi connectivity index (χ2v) is 8.13. The van der Waals surface area contributed by atoms with Gasteiger partial charge < -0.3 is 19.4 Å². The molecule has 0 aliphatic carbocycles. The molecule has 1 amide bonds. The van der Waals surface area contributed by atoms with Crippen LogP contribution < -0.4 is 15.4 Å². The van der Waals surface area contributed by atoms with Crippen LogP contribution in [0, 0.1) is 6.92 Å². The van der Waals surface area contributed by atoms with Crippen LogP contribution in [-0.2, 0) is 15.7 Å². The van der Waals surface area contributed by atoms with Crippen LogP contribution in [0.1, 0.15) is 24.5 Å². The van der Waals surface area contributed by atoms with E-state index in [-0.39, 0.29) is 36.5 Å². The molecular weight excluding hydrogens is 455 g/mol. The summed E-state index contributed by atoms with van der Waals surface area (Å²) in [4.78, 5) is 37.2. The lowest BCUT2D eigenvalue weighted by Crippen LogP contribution is -2.49. The number of amides is 1. The number of hydrogen-bond donors (Lipinski definition) is 1. The molecule has 10 nitrogen and oxygen atoms in total. The number of piperazine rings is 1. The zero-order valence-corrected chi connectivity index (χ0v) is 19.3. The van der Waals surface area contributed by atoms with Crippen molar-refractivity contribution in [3.8, 4) is 0 Å². The molecule has 1 aliphatic rings. The number of alkyl halides is 3. The highest BCUT2D eigenvalue weighted by Crippen LogP contribution is 2.28. The maximum atomic E-state index is 12.7. The van der Waals surface area contributed by atoms with Gasteiger partial charge in [-0.25, -0.2) is 15.1 Å². The van der Waals surface area contributed by atoms with E-state index in [9.17, 15) is 22.8 Å². The molecule has 186 valence electrons. The van der Waals surface area contributed by atoms with E-state index in [0.717, 1.165) is 12.4 Å². The van der Waals surface area contributed by atoms with Gasteiger partial charge >= 0.3 is 6.18 Å². The van der Waals surface area contributed by atoms with Crippen LogP contribution >= 0.6 is 0 Å². The van der Waals surface area contributed by atoms with Crippen molar-refractivity contribution in [1.82, 2.24) is 25.1 Å². The minimum atomic E-state index is -4.48. The Labute approximate surface area is 194 Å². The molecule has 0 radical (unpaired) electrons. The smallest absolute Gasteiger partial charge is 0.379 e. The fourth-order valence-electron chi connectivity index (χ4n) is 3.51. The fourth-order valence-corrected chi connectivity index (χ4v) is 3.51. The maximum absolute atomic E-state index is 12.7. The third-order valence-electron chi connectivity index (χ3n) is 5.82. The van der Waals surface area contributed by atoms with Crippen molar-refractivity contribution in [3.63, 3.8) is 0 Å². The number of nitrogens with one attached hydrogen (secondary N) is 1. The third kappa shape index (κ3) is 6.22. The van der Waals surface area contributed by atoms with Gasteiger partial charge in [-0.15, -0.1) is 0 Å². The number of H-pyrrole nitrogens is 1. The lowest BCUT2D eigenvalue weighted by atomic mass is 10.2. The summed E-state index contributed by atoms with van der Waals surface area (Å²) in [6.45, 7) is 6.02. The SMILES string of the molecule is Cc1c(N(C)[C@@H](C)COCCC(=O)N2CCN(c3ncc(C(F)(F)F)cn3)CC2)cn[nH]c1=O. The first-order valence-corrected chi connectivity index (χ1v) is 10.8. The van der Waals surface area contributed by atoms with Gasteiger partial charge in [-0.2, -0.15) is 18.3 Å². The number of aromatic nitrogens is 4. The van der Waals surface area contributed by atoms with Gasteiger partial charge in [0.2, 0.25) is 11.9 Å². The molecule has 0 unspecified atom stereocenters. The van der Waals surface area contributed by atoms with Gasteiger partial charge in [-0.05, 0) is 13.8 Å². The van der Waals surface area contributed by atoms with E-state index in [1.54, 1.807) is 22.9 Å². The second-order valence-electron chi connectivity index (χ2n) is 8.13. The molecule has 1 atom stereocenters. The van der Waals surface area contributed by atoms with Crippen molar-refractivity contribution in [2.45, 2.75) is 32.5 Å². The topological polar surface area (TPSA) is 108 Å². The van der Waals surface area contributed by atoms with Crippen LogP contribution in [0.25, 0.3) is 0 Å². The number of aromatic amines is 1. The van der Waals surface area contributed by atoms with E-state index in [1.807, 2.05) is 18.9 Å². The molecule has 1 N–H and O–H groups in total. The molecule has 0 spiro atoms. The van der Waals surface area contributed by atoms with Gasteiger partial charge in [0.15, 0.2) is 0 Å². The van der Waals surface area contributed by atoms with Crippen LogP contribution in [0.15, 0.2) is 23.4 Å². The highest BCUT2D eigenvalue weighted by atomic mass is 19.4. The number of carbonyl (C=O) groups is 1. The van der Waals surface area contributed by atoms with Crippen molar-refractivity contribution in [3.05, 3.63) is 40.1 Å². The number of ether oxygens (including phenoxy) is 1. The highest BCUT2D eigenvalue weighted by molar-refractivity contribution is 5.76. The Bertz CT molecular complexity index is 1020. The van der Waals surface area contributed by atoms with Gasteiger partial charge in [-0.3, -0.25) is 9.59 Å². The van der Waals surface area contributed by atoms with Gasteiger partial charge in [0.05, 0.1) is 37.1 Å². The zero-order chi connectivity index (χ0) is 24.9. The molecule has 1 fully saturated rings. The minimum Gasteiger partial charge on any atom is -0.379 e. The Morgan fingerprint density at radius 2 is 1.85 bits per heavy atom. The molecular formula is C21H28F3N7O3. The maximum Gasteiger partial charge on any atom is 0.419 e. The number of hydrogen-bond acceptors (Lipinski definition) is 8. The Hall–Kier alpha value is -3.22. The van der Waals surface area contributed by atoms with E-state index in [1.165, 1.54) is 0 Å². The Balaban J connectivity index is 1.39. The first kappa shape index (κ1) is 25.4. The van der Waals surface area contributed by atoms with Gasteiger partial charge in [0.1, 0.15) is 0 Å². The van der Waals surface area contributed by atoms with E-state index >= 15 is 0 Å². The average Bonchev–Trinajstić information content (AvgIpc) is 2.82. The number of rotatable bonds is 8. The van der Waals surface area contributed by atoms with E-state index in [2.05, 4.69) is 20.2 Å². The van der Waals surface area contributed by atoms with Crippen molar-refractivity contribution in [2.24, 2.45) is 0 Å². The van der Waals surface area contributed by atoms with Crippen LogP contribution in [0.3, 0.4) is 0 Å². The summed E-state index contributed by atoms with van der Waals surface area (Å²) in [5.74, 6) is 0.163. The molecule has 2 aromatic heterocycles. The lowest BCUT2D eigenvalue weighted by Gasteiger charge is -2.34. The molecule has 1 saturated heterocycles. The molecule has 34 heavy (non-hydrogen) atoms. The molecule has 3 heterocycles. The number of nitrogens with zero attached hydrogens (tertiary/aromatic N) is 6. The molecule has 3 rings (SSSR count). The summed E-state index contributed by atoms with van der Waals surface area (Å²) in [7, 11) is 1.85. The molecule has 2 aromatic rings. The highest BCUT2D eigenvalue weighted by Gasteiger charge is 2.32. The first-order chi connectivity index (χ1) is 16.1. The fraction of sp³-hybridized carbons (Fsp3) is 0.571. The number of likely N-dealkylation sites (N-methyl/N-ethyl adjacent to an activating group) is 1. The summed E-state index contributed by atoms with van der Waals surface area (Å²) in [6.07, 6.45) is -1.13. The summed E-state index contributed by atoms with van der Waals surface area (Å²) in [5, 5.41) is 6.22. The second kappa shape index (κ2) is 10.8. The van der Waals surface area contributed by atoms with Crippen LogP contribution in [-0.4, -0.2) is 83.5 Å².